The second-order valence-corrected chi connectivity index (χ2v) is 5.22. The summed E-state index contributed by atoms with van der Waals surface area (Å²) in [4.78, 5) is 16.0. The average Bonchev–Trinajstić information content (AvgIpc) is 2.76. The Morgan fingerprint density at radius 3 is 2.71 bits per heavy atom. The maximum absolute atomic E-state index is 11.4. The summed E-state index contributed by atoms with van der Waals surface area (Å²) in [5.41, 5.74) is 4.17. The van der Waals surface area contributed by atoms with E-state index in [2.05, 4.69) is 4.98 Å². The number of aromatic carboxylic acids is 1. The number of para-hydroxylation sites is 2. The molecule has 0 saturated heterocycles. The summed E-state index contributed by atoms with van der Waals surface area (Å²) in [6.45, 7) is 1.96. The second kappa shape index (κ2) is 5.05. The predicted octanol–water partition coefficient (Wildman–Crippen LogP) is 3.17. The molecule has 0 radical (unpaired) electrons. The maximum atomic E-state index is 11.4. The quantitative estimate of drug-likeness (QED) is 0.801. The Morgan fingerprint density at radius 2 is 2.00 bits per heavy atom. The lowest BCUT2D eigenvalue weighted by Gasteiger charge is -2.07. The summed E-state index contributed by atoms with van der Waals surface area (Å²) in [6.07, 6.45) is 0.508. The molecule has 21 heavy (non-hydrogen) atoms. The minimum atomic E-state index is -0.899. The molecule has 0 atom stereocenters. The van der Waals surface area contributed by atoms with E-state index in [1.54, 1.807) is 6.07 Å². The van der Waals surface area contributed by atoms with E-state index in [9.17, 15) is 9.90 Å². The van der Waals surface area contributed by atoms with E-state index in [4.69, 9.17) is 0 Å². The SMILES string of the molecule is Cc1ccc(C(=O)O)c(Cc2nc3ccccc3n2C)c1. The fourth-order valence-electron chi connectivity index (χ4n) is 2.60. The van der Waals surface area contributed by atoms with Gasteiger partial charge in [-0.05, 0) is 30.7 Å². The van der Waals surface area contributed by atoms with Crippen molar-refractivity contribution in [3.8, 4) is 0 Å². The lowest BCUT2D eigenvalue weighted by atomic mass is 10.0. The number of aryl methyl sites for hydroxylation is 2. The van der Waals surface area contributed by atoms with Crippen molar-refractivity contribution in [2.24, 2.45) is 7.05 Å². The standard InChI is InChI=1S/C17H16N2O2/c1-11-7-8-13(17(20)21)12(9-11)10-16-18-14-5-3-4-6-15(14)19(16)2/h3-9H,10H2,1-2H3,(H,20,21). The van der Waals surface area contributed by atoms with Crippen LogP contribution in [0.2, 0.25) is 0 Å². The third-order valence-electron chi connectivity index (χ3n) is 3.72. The van der Waals surface area contributed by atoms with Crippen LogP contribution in [-0.4, -0.2) is 20.6 Å². The molecule has 1 heterocycles. The third kappa shape index (κ3) is 2.40. The van der Waals surface area contributed by atoms with E-state index >= 15 is 0 Å². The van der Waals surface area contributed by atoms with Crippen LogP contribution in [0, 0.1) is 6.92 Å². The molecular weight excluding hydrogens is 264 g/mol. The third-order valence-corrected chi connectivity index (χ3v) is 3.72. The van der Waals surface area contributed by atoms with Gasteiger partial charge < -0.3 is 9.67 Å². The van der Waals surface area contributed by atoms with Gasteiger partial charge in [-0.1, -0.05) is 29.8 Å². The van der Waals surface area contributed by atoms with Crippen molar-refractivity contribution >= 4 is 17.0 Å². The summed E-state index contributed by atoms with van der Waals surface area (Å²) in [5.74, 6) is -0.0342. The first kappa shape index (κ1) is 13.4. The van der Waals surface area contributed by atoms with Crippen molar-refractivity contribution in [2.75, 3.05) is 0 Å². The molecule has 106 valence electrons. The van der Waals surface area contributed by atoms with Gasteiger partial charge in [-0.25, -0.2) is 9.78 Å². The van der Waals surface area contributed by atoms with Gasteiger partial charge in [0.2, 0.25) is 0 Å². The number of carboxylic acids is 1. The Hall–Kier alpha value is -2.62. The monoisotopic (exact) mass is 280 g/mol. The molecular formula is C17H16N2O2. The normalized spacial score (nSPS) is 11.0. The van der Waals surface area contributed by atoms with Crippen LogP contribution in [0.25, 0.3) is 11.0 Å². The van der Waals surface area contributed by atoms with E-state index in [1.807, 2.05) is 54.9 Å². The highest BCUT2D eigenvalue weighted by Crippen LogP contribution is 2.20. The van der Waals surface area contributed by atoms with E-state index in [-0.39, 0.29) is 0 Å². The number of carboxylic acid groups (broad SMARTS) is 1. The Kier molecular flexibility index (Phi) is 3.22. The number of aromatic nitrogens is 2. The zero-order chi connectivity index (χ0) is 15.0. The van der Waals surface area contributed by atoms with Gasteiger partial charge in [0, 0.05) is 13.5 Å². The van der Waals surface area contributed by atoms with Crippen molar-refractivity contribution in [3.63, 3.8) is 0 Å². The first-order chi connectivity index (χ1) is 10.1. The summed E-state index contributed by atoms with van der Waals surface area (Å²) < 4.78 is 2.02. The van der Waals surface area contributed by atoms with Gasteiger partial charge in [-0.2, -0.15) is 0 Å². The van der Waals surface area contributed by atoms with Crippen LogP contribution in [-0.2, 0) is 13.5 Å². The number of rotatable bonds is 3. The number of nitrogens with zero attached hydrogens (tertiary/aromatic N) is 2. The Labute approximate surface area is 122 Å². The fraction of sp³-hybridized carbons (Fsp3) is 0.176. The zero-order valence-electron chi connectivity index (χ0n) is 12.0. The van der Waals surface area contributed by atoms with Crippen LogP contribution < -0.4 is 0 Å². The minimum absolute atomic E-state index is 0.340. The Morgan fingerprint density at radius 1 is 1.24 bits per heavy atom. The van der Waals surface area contributed by atoms with Gasteiger partial charge in [0.05, 0.1) is 16.6 Å². The lowest BCUT2D eigenvalue weighted by molar-refractivity contribution is 0.0696. The number of imidazole rings is 1. The molecule has 0 aliphatic heterocycles. The second-order valence-electron chi connectivity index (χ2n) is 5.22. The van der Waals surface area contributed by atoms with Crippen molar-refractivity contribution in [1.29, 1.82) is 0 Å². The highest BCUT2D eigenvalue weighted by molar-refractivity contribution is 5.89. The molecule has 0 fully saturated rings. The fourth-order valence-corrected chi connectivity index (χ4v) is 2.60. The molecule has 3 rings (SSSR count). The van der Waals surface area contributed by atoms with Crippen LogP contribution >= 0.6 is 0 Å². The summed E-state index contributed by atoms with van der Waals surface area (Å²) in [6, 6.07) is 13.3. The van der Waals surface area contributed by atoms with Gasteiger partial charge in [0.1, 0.15) is 5.82 Å². The molecule has 3 aromatic rings. The number of carbonyl (C=O) groups is 1. The molecule has 0 aliphatic carbocycles. The largest absolute Gasteiger partial charge is 0.478 e. The van der Waals surface area contributed by atoms with Gasteiger partial charge in [0.15, 0.2) is 0 Å². The molecule has 4 heteroatoms. The van der Waals surface area contributed by atoms with E-state index in [1.165, 1.54) is 0 Å². The first-order valence-electron chi connectivity index (χ1n) is 6.79. The topological polar surface area (TPSA) is 55.1 Å². The van der Waals surface area contributed by atoms with Gasteiger partial charge in [-0.15, -0.1) is 0 Å². The molecule has 0 aliphatic rings. The molecule has 1 N–H and O–H groups in total. The van der Waals surface area contributed by atoms with Crippen LogP contribution in [0.3, 0.4) is 0 Å². The van der Waals surface area contributed by atoms with Crippen LogP contribution in [0.4, 0.5) is 0 Å². The summed E-state index contributed by atoms with van der Waals surface area (Å²) in [5, 5.41) is 9.32. The summed E-state index contributed by atoms with van der Waals surface area (Å²) in [7, 11) is 1.96. The molecule has 0 spiro atoms. The zero-order valence-corrected chi connectivity index (χ0v) is 12.0. The Balaban J connectivity index is 2.08. The molecule has 0 saturated carbocycles. The van der Waals surface area contributed by atoms with Crippen LogP contribution in [0.15, 0.2) is 42.5 Å². The van der Waals surface area contributed by atoms with E-state index in [0.29, 0.717) is 12.0 Å². The summed E-state index contributed by atoms with van der Waals surface area (Å²) >= 11 is 0. The molecule has 1 aromatic heterocycles. The molecule has 2 aromatic carbocycles. The molecule has 0 unspecified atom stereocenters. The highest BCUT2D eigenvalue weighted by Gasteiger charge is 2.14. The number of benzene rings is 2. The first-order valence-corrected chi connectivity index (χ1v) is 6.79. The molecule has 0 bridgehead atoms. The smallest absolute Gasteiger partial charge is 0.335 e. The van der Waals surface area contributed by atoms with Crippen LogP contribution in [0.1, 0.15) is 27.3 Å². The minimum Gasteiger partial charge on any atom is -0.478 e. The van der Waals surface area contributed by atoms with E-state index in [0.717, 1.165) is 28.0 Å². The van der Waals surface area contributed by atoms with Crippen molar-refractivity contribution in [2.45, 2.75) is 13.3 Å². The average molecular weight is 280 g/mol. The van der Waals surface area contributed by atoms with Crippen LogP contribution in [0.5, 0.6) is 0 Å². The van der Waals surface area contributed by atoms with Crippen molar-refractivity contribution < 1.29 is 9.90 Å². The van der Waals surface area contributed by atoms with Gasteiger partial charge in [0.25, 0.3) is 0 Å². The maximum Gasteiger partial charge on any atom is 0.335 e. The van der Waals surface area contributed by atoms with Gasteiger partial charge >= 0.3 is 5.97 Å². The number of hydrogen-bond donors (Lipinski definition) is 1. The van der Waals surface area contributed by atoms with Gasteiger partial charge in [-0.3, -0.25) is 0 Å². The van der Waals surface area contributed by atoms with Crippen molar-refractivity contribution in [1.82, 2.24) is 9.55 Å². The number of hydrogen-bond acceptors (Lipinski definition) is 2. The predicted molar refractivity (Wildman–Crippen MR) is 81.7 cm³/mol. The van der Waals surface area contributed by atoms with E-state index < -0.39 is 5.97 Å². The Bertz CT molecular complexity index is 834. The van der Waals surface area contributed by atoms with Crippen molar-refractivity contribution in [3.05, 3.63) is 65.0 Å². The lowest BCUT2D eigenvalue weighted by Crippen LogP contribution is -2.06. The highest BCUT2D eigenvalue weighted by atomic mass is 16.4. The molecule has 4 nitrogen and oxygen atoms in total. The number of fused-ring (bicyclic) bond motifs is 1. The molecule has 0 amide bonds.